The number of ether oxygens (including phenoxy) is 1. The molecule has 2 rings (SSSR count). The van der Waals surface area contributed by atoms with Crippen molar-refractivity contribution in [2.75, 3.05) is 6.61 Å². The van der Waals surface area contributed by atoms with Gasteiger partial charge in [0.1, 0.15) is 10.9 Å². The maximum Gasteiger partial charge on any atom is 0.316 e. The monoisotopic (exact) mass is 277 g/mol. The van der Waals surface area contributed by atoms with Crippen LogP contribution >= 0.6 is 11.3 Å². The highest BCUT2D eigenvalue weighted by atomic mass is 32.1. The van der Waals surface area contributed by atoms with Crippen molar-refractivity contribution in [3.63, 3.8) is 0 Å². The molecule has 1 atom stereocenters. The third-order valence-corrected chi connectivity index (χ3v) is 4.15. The van der Waals surface area contributed by atoms with Crippen LogP contribution in [0.4, 0.5) is 0 Å². The maximum absolute atomic E-state index is 12.1. The molecule has 2 aromatic rings. The SMILES string of the molecule is CCOC(=O)C(c1nc2cc(C)ccc2s1)C(C)C. The van der Waals surface area contributed by atoms with Crippen molar-refractivity contribution >= 4 is 27.5 Å². The number of nitrogens with zero attached hydrogens (tertiary/aromatic N) is 1. The highest BCUT2D eigenvalue weighted by Crippen LogP contribution is 2.33. The Balaban J connectivity index is 2.41. The molecule has 0 fully saturated rings. The standard InChI is InChI=1S/C15H19NO2S/c1-5-18-15(17)13(9(2)3)14-16-11-8-10(4)6-7-12(11)19-14/h6-9,13H,5H2,1-4H3. The number of rotatable bonds is 4. The van der Waals surface area contributed by atoms with Crippen LogP contribution in [0.3, 0.4) is 0 Å². The second-order valence-electron chi connectivity index (χ2n) is 5.00. The van der Waals surface area contributed by atoms with Gasteiger partial charge < -0.3 is 4.74 Å². The normalized spacial score (nSPS) is 12.9. The summed E-state index contributed by atoms with van der Waals surface area (Å²) >= 11 is 1.58. The Morgan fingerprint density at radius 2 is 2.16 bits per heavy atom. The van der Waals surface area contributed by atoms with Gasteiger partial charge in [-0.3, -0.25) is 4.79 Å². The van der Waals surface area contributed by atoms with E-state index >= 15 is 0 Å². The third-order valence-electron chi connectivity index (χ3n) is 3.03. The molecule has 0 N–H and O–H groups in total. The van der Waals surface area contributed by atoms with Crippen molar-refractivity contribution in [3.8, 4) is 0 Å². The van der Waals surface area contributed by atoms with Gasteiger partial charge in [0.2, 0.25) is 0 Å². The minimum Gasteiger partial charge on any atom is -0.465 e. The summed E-state index contributed by atoms with van der Waals surface area (Å²) in [4.78, 5) is 16.7. The quantitative estimate of drug-likeness (QED) is 0.795. The van der Waals surface area contributed by atoms with Gasteiger partial charge in [-0.2, -0.15) is 0 Å². The second kappa shape index (κ2) is 5.70. The molecule has 1 aromatic heterocycles. The number of aromatic nitrogens is 1. The van der Waals surface area contributed by atoms with E-state index in [-0.39, 0.29) is 17.8 Å². The van der Waals surface area contributed by atoms with Crippen LogP contribution < -0.4 is 0 Å². The number of aryl methyl sites for hydroxylation is 1. The van der Waals surface area contributed by atoms with Gasteiger partial charge >= 0.3 is 5.97 Å². The van der Waals surface area contributed by atoms with Gasteiger partial charge in [0, 0.05) is 0 Å². The van der Waals surface area contributed by atoms with Crippen LogP contribution in [0.2, 0.25) is 0 Å². The molecule has 1 aromatic carbocycles. The summed E-state index contributed by atoms with van der Waals surface area (Å²) in [5.41, 5.74) is 2.15. The van der Waals surface area contributed by atoms with Crippen molar-refractivity contribution < 1.29 is 9.53 Å². The van der Waals surface area contributed by atoms with E-state index in [1.807, 2.05) is 27.7 Å². The fraction of sp³-hybridized carbons (Fsp3) is 0.467. The number of thiazole rings is 1. The summed E-state index contributed by atoms with van der Waals surface area (Å²) in [7, 11) is 0. The molecule has 0 aliphatic carbocycles. The summed E-state index contributed by atoms with van der Waals surface area (Å²) in [6, 6.07) is 6.19. The average Bonchev–Trinajstić information content (AvgIpc) is 2.71. The van der Waals surface area contributed by atoms with Gasteiger partial charge in [-0.15, -0.1) is 11.3 Å². The topological polar surface area (TPSA) is 39.2 Å². The Labute approximate surface area is 117 Å². The van der Waals surface area contributed by atoms with Crippen molar-refractivity contribution in [1.29, 1.82) is 0 Å². The number of carbonyl (C=O) groups excluding carboxylic acids is 1. The fourth-order valence-corrected chi connectivity index (χ4v) is 3.29. The van der Waals surface area contributed by atoms with Gasteiger partial charge in [-0.1, -0.05) is 19.9 Å². The Hall–Kier alpha value is -1.42. The third kappa shape index (κ3) is 2.95. The first-order chi connectivity index (χ1) is 9.02. The van der Waals surface area contributed by atoms with Gasteiger partial charge in [-0.05, 0) is 37.5 Å². The van der Waals surface area contributed by atoms with Crippen LogP contribution in [0.15, 0.2) is 18.2 Å². The summed E-state index contributed by atoms with van der Waals surface area (Å²) in [6.07, 6.45) is 0. The van der Waals surface area contributed by atoms with Crippen LogP contribution in [0, 0.1) is 12.8 Å². The highest BCUT2D eigenvalue weighted by Gasteiger charge is 2.28. The number of esters is 1. The summed E-state index contributed by atoms with van der Waals surface area (Å²) in [5, 5.41) is 0.856. The largest absolute Gasteiger partial charge is 0.465 e. The summed E-state index contributed by atoms with van der Waals surface area (Å²) in [5.74, 6) is -0.258. The van der Waals surface area contributed by atoms with Crippen LogP contribution in [0.5, 0.6) is 0 Å². The molecule has 4 heteroatoms. The molecule has 0 bridgehead atoms. The Morgan fingerprint density at radius 3 is 2.79 bits per heavy atom. The zero-order chi connectivity index (χ0) is 14.0. The van der Waals surface area contributed by atoms with E-state index in [9.17, 15) is 4.79 Å². The molecule has 0 spiro atoms. The van der Waals surface area contributed by atoms with Crippen molar-refractivity contribution in [3.05, 3.63) is 28.8 Å². The van der Waals surface area contributed by atoms with Gasteiger partial charge in [-0.25, -0.2) is 4.98 Å². The summed E-state index contributed by atoms with van der Waals surface area (Å²) in [6.45, 7) is 8.34. The first-order valence-corrected chi connectivity index (χ1v) is 7.38. The van der Waals surface area contributed by atoms with E-state index in [1.165, 1.54) is 5.56 Å². The lowest BCUT2D eigenvalue weighted by Crippen LogP contribution is -2.20. The van der Waals surface area contributed by atoms with E-state index in [4.69, 9.17) is 4.74 Å². The molecular formula is C15H19NO2S. The van der Waals surface area contributed by atoms with Crippen LogP contribution in [0.1, 0.15) is 37.3 Å². The van der Waals surface area contributed by atoms with Crippen molar-refractivity contribution in [1.82, 2.24) is 4.98 Å². The summed E-state index contributed by atoms with van der Waals surface area (Å²) < 4.78 is 6.29. The predicted molar refractivity (Wildman–Crippen MR) is 78.6 cm³/mol. The number of fused-ring (bicyclic) bond motifs is 1. The van der Waals surface area contributed by atoms with Gasteiger partial charge in [0.05, 0.1) is 16.8 Å². The Bertz CT molecular complexity index is 589. The molecule has 1 unspecified atom stereocenters. The molecule has 19 heavy (non-hydrogen) atoms. The molecule has 0 radical (unpaired) electrons. The minimum atomic E-state index is -0.266. The number of hydrogen-bond donors (Lipinski definition) is 0. The Kier molecular flexibility index (Phi) is 4.20. The number of carbonyl (C=O) groups is 1. The van der Waals surface area contributed by atoms with Crippen LogP contribution in [-0.2, 0) is 9.53 Å². The fourth-order valence-electron chi connectivity index (χ4n) is 2.08. The lowest BCUT2D eigenvalue weighted by molar-refractivity contribution is -0.146. The minimum absolute atomic E-state index is 0.173. The van der Waals surface area contributed by atoms with Crippen LogP contribution in [-0.4, -0.2) is 17.6 Å². The molecule has 0 saturated carbocycles. The average molecular weight is 277 g/mol. The molecule has 3 nitrogen and oxygen atoms in total. The maximum atomic E-state index is 12.1. The highest BCUT2D eigenvalue weighted by molar-refractivity contribution is 7.18. The van der Waals surface area contributed by atoms with E-state index in [2.05, 4.69) is 23.2 Å². The smallest absolute Gasteiger partial charge is 0.316 e. The zero-order valence-electron chi connectivity index (χ0n) is 11.8. The van der Waals surface area contributed by atoms with E-state index < -0.39 is 0 Å². The van der Waals surface area contributed by atoms with Gasteiger partial charge in [0.15, 0.2) is 0 Å². The number of benzene rings is 1. The molecule has 102 valence electrons. The number of hydrogen-bond acceptors (Lipinski definition) is 4. The predicted octanol–water partition coefficient (Wildman–Crippen LogP) is 3.91. The molecule has 0 saturated heterocycles. The van der Waals surface area contributed by atoms with E-state index in [0.29, 0.717) is 6.61 Å². The molecule has 1 heterocycles. The first-order valence-electron chi connectivity index (χ1n) is 6.56. The van der Waals surface area contributed by atoms with E-state index in [1.54, 1.807) is 11.3 Å². The van der Waals surface area contributed by atoms with Gasteiger partial charge in [0.25, 0.3) is 0 Å². The molecular weight excluding hydrogens is 258 g/mol. The Morgan fingerprint density at radius 1 is 1.42 bits per heavy atom. The van der Waals surface area contributed by atoms with E-state index in [0.717, 1.165) is 15.2 Å². The zero-order valence-corrected chi connectivity index (χ0v) is 12.6. The molecule has 0 aliphatic heterocycles. The first kappa shape index (κ1) is 14.0. The second-order valence-corrected chi connectivity index (χ2v) is 6.06. The lowest BCUT2D eigenvalue weighted by Gasteiger charge is -2.16. The molecule has 0 amide bonds. The lowest BCUT2D eigenvalue weighted by atomic mass is 9.97. The molecule has 0 aliphatic rings. The van der Waals surface area contributed by atoms with Crippen molar-refractivity contribution in [2.45, 2.75) is 33.6 Å². The van der Waals surface area contributed by atoms with Crippen molar-refractivity contribution in [2.24, 2.45) is 5.92 Å². The van der Waals surface area contributed by atoms with Crippen LogP contribution in [0.25, 0.3) is 10.2 Å².